The van der Waals surface area contributed by atoms with Crippen molar-refractivity contribution in [2.75, 3.05) is 6.61 Å². The molecule has 16 heavy (non-hydrogen) atoms. The van der Waals surface area contributed by atoms with Crippen LogP contribution in [0.5, 0.6) is 5.75 Å². The van der Waals surface area contributed by atoms with Gasteiger partial charge in [0, 0.05) is 6.42 Å². The molecule has 0 amide bonds. The summed E-state index contributed by atoms with van der Waals surface area (Å²) < 4.78 is 5.64. The molecule has 1 N–H and O–H groups in total. The molecule has 0 aliphatic rings. The summed E-state index contributed by atoms with van der Waals surface area (Å²) in [5.74, 6) is 1.58. The smallest absolute Gasteiger partial charge is 0.177 e. The first-order valence-corrected chi connectivity index (χ1v) is 5.18. The number of hydrogen-bond donors (Lipinski definition) is 1. The standard InChI is InChI=1S/C11H14N4O/c1-8-3-4-10(9(2)7-8)16-6-5-11-12-14-15-13-11/h3-4,7H,5-6H2,1-2H3,(H,12,13,14,15). The van der Waals surface area contributed by atoms with Crippen molar-refractivity contribution in [1.82, 2.24) is 20.6 Å². The number of benzene rings is 1. The molecule has 5 nitrogen and oxygen atoms in total. The Balaban J connectivity index is 1.90. The maximum atomic E-state index is 5.64. The fourth-order valence-electron chi connectivity index (χ4n) is 1.50. The van der Waals surface area contributed by atoms with Crippen LogP contribution in [-0.4, -0.2) is 27.2 Å². The molecule has 1 aromatic heterocycles. The van der Waals surface area contributed by atoms with Crippen LogP contribution in [0.2, 0.25) is 0 Å². The first-order valence-electron chi connectivity index (χ1n) is 5.18. The second-order valence-corrected chi connectivity index (χ2v) is 3.70. The topological polar surface area (TPSA) is 63.7 Å². The lowest BCUT2D eigenvalue weighted by atomic mass is 10.1. The number of aromatic nitrogens is 4. The highest BCUT2D eigenvalue weighted by Gasteiger charge is 2.01. The maximum Gasteiger partial charge on any atom is 0.177 e. The summed E-state index contributed by atoms with van der Waals surface area (Å²) in [5, 5.41) is 13.6. The van der Waals surface area contributed by atoms with Gasteiger partial charge in [0.15, 0.2) is 5.82 Å². The monoisotopic (exact) mass is 218 g/mol. The highest BCUT2D eigenvalue weighted by molar-refractivity contribution is 5.35. The van der Waals surface area contributed by atoms with Gasteiger partial charge in [-0.15, -0.1) is 10.2 Å². The highest BCUT2D eigenvalue weighted by atomic mass is 16.5. The molecule has 0 aliphatic heterocycles. The molecule has 5 heteroatoms. The summed E-state index contributed by atoms with van der Waals surface area (Å²) in [4.78, 5) is 0. The predicted octanol–water partition coefficient (Wildman–Crippen LogP) is 1.44. The number of nitrogens with zero attached hydrogens (tertiary/aromatic N) is 3. The zero-order valence-corrected chi connectivity index (χ0v) is 9.40. The molecule has 2 aromatic rings. The Hall–Kier alpha value is -1.91. The molecule has 0 saturated heterocycles. The number of nitrogens with one attached hydrogen (secondary N) is 1. The van der Waals surface area contributed by atoms with Crippen molar-refractivity contribution in [2.45, 2.75) is 20.3 Å². The van der Waals surface area contributed by atoms with Crippen LogP contribution in [0.3, 0.4) is 0 Å². The first-order chi connectivity index (χ1) is 7.75. The summed E-state index contributed by atoms with van der Waals surface area (Å²) in [6.45, 7) is 4.66. The number of aryl methyl sites for hydroxylation is 2. The molecule has 0 spiro atoms. The Morgan fingerprint density at radius 1 is 1.31 bits per heavy atom. The van der Waals surface area contributed by atoms with Gasteiger partial charge in [-0.1, -0.05) is 22.9 Å². The van der Waals surface area contributed by atoms with Gasteiger partial charge in [-0.25, -0.2) is 0 Å². The highest BCUT2D eigenvalue weighted by Crippen LogP contribution is 2.18. The van der Waals surface area contributed by atoms with Gasteiger partial charge in [-0.05, 0) is 25.5 Å². The van der Waals surface area contributed by atoms with Crippen LogP contribution in [0.25, 0.3) is 0 Å². The lowest BCUT2D eigenvalue weighted by Gasteiger charge is -2.08. The van der Waals surface area contributed by atoms with E-state index < -0.39 is 0 Å². The Bertz CT molecular complexity index is 453. The minimum atomic E-state index is 0.559. The van der Waals surface area contributed by atoms with E-state index in [0.717, 1.165) is 11.3 Å². The van der Waals surface area contributed by atoms with Crippen LogP contribution >= 0.6 is 0 Å². The van der Waals surface area contributed by atoms with Gasteiger partial charge in [0.2, 0.25) is 0 Å². The Morgan fingerprint density at radius 3 is 2.88 bits per heavy atom. The van der Waals surface area contributed by atoms with Crippen molar-refractivity contribution < 1.29 is 4.74 Å². The normalized spacial score (nSPS) is 10.4. The van der Waals surface area contributed by atoms with Crippen molar-refractivity contribution in [3.63, 3.8) is 0 Å². The fourth-order valence-corrected chi connectivity index (χ4v) is 1.50. The minimum Gasteiger partial charge on any atom is -0.493 e. The van der Waals surface area contributed by atoms with E-state index in [1.54, 1.807) is 0 Å². The van der Waals surface area contributed by atoms with Crippen LogP contribution in [0.1, 0.15) is 17.0 Å². The fraction of sp³-hybridized carbons (Fsp3) is 0.364. The molecule has 0 fully saturated rings. The van der Waals surface area contributed by atoms with Crippen molar-refractivity contribution in [3.8, 4) is 5.75 Å². The van der Waals surface area contributed by atoms with Gasteiger partial charge in [0.25, 0.3) is 0 Å². The lowest BCUT2D eigenvalue weighted by Crippen LogP contribution is -2.03. The number of hydrogen-bond acceptors (Lipinski definition) is 4. The number of tetrazole rings is 1. The average Bonchev–Trinajstić information content (AvgIpc) is 2.74. The van der Waals surface area contributed by atoms with Crippen molar-refractivity contribution in [1.29, 1.82) is 0 Å². The van der Waals surface area contributed by atoms with Crippen LogP contribution in [-0.2, 0) is 6.42 Å². The first kappa shape index (κ1) is 10.6. The van der Waals surface area contributed by atoms with E-state index in [0.29, 0.717) is 18.9 Å². The van der Waals surface area contributed by atoms with Crippen LogP contribution in [0.15, 0.2) is 18.2 Å². The SMILES string of the molecule is Cc1ccc(OCCc2nn[nH]n2)c(C)c1. The summed E-state index contributed by atoms with van der Waals surface area (Å²) in [5.41, 5.74) is 2.39. The van der Waals surface area contributed by atoms with Crippen molar-refractivity contribution in [3.05, 3.63) is 35.2 Å². The van der Waals surface area contributed by atoms with Gasteiger partial charge in [-0.3, -0.25) is 0 Å². The van der Waals surface area contributed by atoms with Crippen LogP contribution in [0.4, 0.5) is 0 Å². The number of ether oxygens (including phenoxy) is 1. The molecule has 0 atom stereocenters. The molecule has 2 rings (SSSR count). The van der Waals surface area contributed by atoms with E-state index in [4.69, 9.17) is 4.74 Å². The molecule has 1 aromatic carbocycles. The molecule has 0 unspecified atom stereocenters. The van der Waals surface area contributed by atoms with E-state index in [1.165, 1.54) is 5.56 Å². The summed E-state index contributed by atoms with van der Waals surface area (Å²) in [6.07, 6.45) is 0.657. The van der Waals surface area contributed by atoms with Crippen LogP contribution in [0, 0.1) is 13.8 Å². The Kier molecular flexibility index (Phi) is 3.14. The summed E-state index contributed by atoms with van der Waals surface area (Å²) in [7, 11) is 0. The van der Waals surface area contributed by atoms with E-state index >= 15 is 0 Å². The molecule has 0 saturated carbocycles. The maximum absolute atomic E-state index is 5.64. The third kappa shape index (κ3) is 2.56. The van der Waals surface area contributed by atoms with E-state index in [-0.39, 0.29) is 0 Å². The second kappa shape index (κ2) is 4.74. The zero-order valence-electron chi connectivity index (χ0n) is 9.40. The lowest BCUT2D eigenvalue weighted by molar-refractivity contribution is 0.316. The quantitative estimate of drug-likeness (QED) is 0.843. The Morgan fingerprint density at radius 2 is 2.19 bits per heavy atom. The minimum absolute atomic E-state index is 0.559. The van der Waals surface area contributed by atoms with Crippen molar-refractivity contribution in [2.24, 2.45) is 0 Å². The van der Waals surface area contributed by atoms with Gasteiger partial charge in [0.05, 0.1) is 6.61 Å². The number of H-pyrrole nitrogens is 1. The second-order valence-electron chi connectivity index (χ2n) is 3.70. The zero-order chi connectivity index (χ0) is 11.4. The molecule has 0 radical (unpaired) electrons. The van der Waals surface area contributed by atoms with Crippen molar-refractivity contribution >= 4 is 0 Å². The van der Waals surface area contributed by atoms with Crippen LogP contribution < -0.4 is 4.74 Å². The summed E-state index contributed by atoms with van der Waals surface area (Å²) in [6, 6.07) is 6.13. The number of rotatable bonds is 4. The largest absolute Gasteiger partial charge is 0.493 e. The molecule has 0 bridgehead atoms. The van der Waals surface area contributed by atoms with Gasteiger partial charge in [-0.2, -0.15) is 5.21 Å². The number of aromatic amines is 1. The molecule has 84 valence electrons. The van der Waals surface area contributed by atoms with E-state index in [9.17, 15) is 0 Å². The molecular formula is C11H14N4O. The molecule has 1 heterocycles. The van der Waals surface area contributed by atoms with Gasteiger partial charge < -0.3 is 4.74 Å². The van der Waals surface area contributed by atoms with E-state index in [1.807, 2.05) is 19.1 Å². The molecule has 0 aliphatic carbocycles. The predicted molar refractivity (Wildman–Crippen MR) is 59.3 cm³/mol. The molecular weight excluding hydrogens is 204 g/mol. The van der Waals surface area contributed by atoms with Gasteiger partial charge >= 0.3 is 0 Å². The third-order valence-electron chi connectivity index (χ3n) is 2.30. The third-order valence-corrected chi connectivity index (χ3v) is 2.30. The van der Waals surface area contributed by atoms with E-state index in [2.05, 4.69) is 33.6 Å². The Labute approximate surface area is 93.8 Å². The summed E-state index contributed by atoms with van der Waals surface area (Å²) >= 11 is 0. The average molecular weight is 218 g/mol. The van der Waals surface area contributed by atoms with Gasteiger partial charge in [0.1, 0.15) is 5.75 Å².